The van der Waals surface area contributed by atoms with Gasteiger partial charge in [-0.05, 0) is 48.6 Å². The second-order valence-electron chi connectivity index (χ2n) is 5.94. The third-order valence-corrected chi connectivity index (χ3v) is 4.66. The molecule has 1 heterocycles. The SMILES string of the molecule is NCc1ccc(NC(=O)CC2CC3CCC2C3)nc1. The van der Waals surface area contributed by atoms with E-state index in [0.29, 0.717) is 24.7 Å². The molecule has 2 fully saturated rings. The van der Waals surface area contributed by atoms with Crippen LogP contribution in [0.1, 0.15) is 37.7 Å². The number of pyridine rings is 1. The van der Waals surface area contributed by atoms with Gasteiger partial charge in [0.1, 0.15) is 5.82 Å². The van der Waals surface area contributed by atoms with Crippen molar-refractivity contribution in [1.82, 2.24) is 4.98 Å². The number of nitrogens with two attached hydrogens (primary N) is 1. The second-order valence-corrected chi connectivity index (χ2v) is 5.94. The molecule has 0 spiro atoms. The molecule has 2 bridgehead atoms. The van der Waals surface area contributed by atoms with Crippen LogP contribution in [0.25, 0.3) is 0 Å². The number of anilines is 1. The van der Waals surface area contributed by atoms with Gasteiger partial charge in [0, 0.05) is 19.2 Å². The van der Waals surface area contributed by atoms with Crippen molar-refractivity contribution in [2.75, 3.05) is 5.32 Å². The normalized spacial score (nSPS) is 28.6. The van der Waals surface area contributed by atoms with E-state index in [1.807, 2.05) is 12.1 Å². The molecule has 0 saturated heterocycles. The van der Waals surface area contributed by atoms with Gasteiger partial charge in [-0.1, -0.05) is 12.5 Å². The Balaban J connectivity index is 1.53. The molecule has 0 aliphatic heterocycles. The van der Waals surface area contributed by atoms with Crippen molar-refractivity contribution in [2.24, 2.45) is 23.5 Å². The van der Waals surface area contributed by atoms with Crippen LogP contribution in [0.4, 0.5) is 5.82 Å². The van der Waals surface area contributed by atoms with Crippen LogP contribution in [0, 0.1) is 17.8 Å². The highest BCUT2D eigenvalue weighted by Crippen LogP contribution is 2.49. The molecule has 1 aromatic rings. The van der Waals surface area contributed by atoms with Crippen LogP contribution in [0.5, 0.6) is 0 Å². The fraction of sp³-hybridized carbons (Fsp3) is 0.600. The summed E-state index contributed by atoms with van der Waals surface area (Å²) in [4.78, 5) is 16.2. The fourth-order valence-corrected chi connectivity index (χ4v) is 3.68. The van der Waals surface area contributed by atoms with E-state index < -0.39 is 0 Å². The van der Waals surface area contributed by atoms with E-state index in [4.69, 9.17) is 5.73 Å². The molecule has 2 aliphatic rings. The van der Waals surface area contributed by atoms with Crippen molar-refractivity contribution in [3.8, 4) is 0 Å². The lowest BCUT2D eigenvalue weighted by atomic mass is 9.86. The number of fused-ring (bicyclic) bond motifs is 2. The standard InChI is InChI=1S/C15H21N3O/c16-8-11-2-4-14(17-9-11)18-15(19)7-13-6-10-1-3-12(13)5-10/h2,4,9-10,12-13H,1,3,5-8,16H2,(H,17,18,19). The highest BCUT2D eigenvalue weighted by molar-refractivity contribution is 5.89. The topological polar surface area (TPSA) is 68.0 Å². The maximum atomic E-state index is 12.0. The molecule has 0 radical (unpaired) electrons. The van der Waals surface area contributed by atoms with Crippen LogP contribution in [0.15, 0.2) is 18.3 Å². The van der Waals surface area contributed by atoms with E-state index in [1.165, 1.54) is 25.7 Å². The highest BCUT2D eigenvalue weighted by Gasteiger charge is 2.40. The second kappa shape index (κ2) is 5.29. The molecule has 3 unspecified atom stereocenters. The monoisotopic (exact) mass is 259 g/mol. The largest absolute Gasteiger partial charge is 0.326 e. The first kappa shape index (κ1) is 12.6. The summed E-state index contributed by atoms with van der Waals surface area (Å²) < 4.78 is 0. The molecule has 4 heteroatoms. The Morgan fingerprint density at radius 3 is 2.84 bits per heavy atom. The average Bonchev–Trinajstić information content (AvgIpc) is 3.02. The zero-order chi connectivity index (χ0) is 13.2. The van der Waals surface area contributed by atoms with Gasteiger partial charge in [-0.2, -0.15) is 0 Å². The van der Waals surface area contributed by atoms with E-state index in [2.05, 4.69) is 10.3 Å². The molecule has 3 rings (SSSR count). The molecule has 3 N–H and O–H groups in total. The summed E-state index contributed by atoms with van der Waals surface area (Å²) in [5, 5.41) is 2.89. The number of rotatable bonds is 4. The summed E-state index contributed by atoms with van der Waals surface area (Å²) in [5.41, 5.74) is 6.50. The molecule has 102 valence electrons. The summed E-state index contributed by atoms with van der Waals surface area (Å²) in [5.74, 6) is 3.02. The minimum Gasteiger partial charge on any atom is -0.326 e. The van der Waals surface area contributed by atoms with Crippen LogP contribution in [0.2, 0.25) is 0 Å². The van der Waals surface area contributed by atoms with Gasteiger partial charge in [-0.3, -0.25) is 4.79 Å². The molecular formula is C15H21N3O. The molecule has 4 nitrogen and oxygen atoms in total. The fourth-order valence-electron chi connectivity index (χ4n) is 3.68. The number of nitrogens with one attached hydrogen (secondary N) is 1. The van der Waals surface area contributed by atoms with E-state index in [9.17, 15) is 4.79 Å². The lowest BCUT2D eigenvalue weighted by Crippen LogP contribution is -2.20. The van der Waals surface area contributed by atoms with Crippen LogP contribution >= 0.6 is 0 Å². The summed E-state index contributed by atoms with van der Waals surface area (Å²) in [6.07, 6.45) is 7.67. The van der Waals surface area contributed by atoms with Gasteiger partial charge in [0.15, 0.2) is 0 Å². The quantitative estimate of drug-likeness (QED) is 0.871. The van der Waals surface area contributed by atoms with Gasteiger partial charge >= 0.3 is 0 Å². The van der Waals surface area contributed by atoms with E-state index in [0.717, 1.165) is 17.4 Å². The summed E-state index contributed by atoms with van der Waals surface area (Å²) in [7, 11) is 0. The van der Waals surface area contributed by atoms with Crippen molar-refractivity contribution in [2.45, 2.75) is 38.6 Å². The number of carbonyl (C=O) groups is 1. The summed E-state index contributed by atoms with van der Waals surface area (Å²) >= 11 is 0. The van der Waals surface area contributed by atoms with Crippen molar-refractivity contribution in [3.05, 3.63) is 23.9 Å². The highest BCUT2D eigenvalue weighted by atomic mass is 16.1. The predicted octanol–water partition coefficient (Wildman–Crippen LogP) is 2.31. The zero-order valence-corrected chi connectivity index (χ0v) is 11.1. The van der Waals surface area contributed by atoms with Crippen molar-refractivity contribution >= 4 is 11.7 Å². The molecule has 2 saturated carbocycles. The smallest absolute Gasteiger partial charge is 0.225 e. The van der Waals surface area contributed by atoms with E-state index in [1.54, 1.807) is 6.20 Å². The summed E-state index contributed by atoms with van der Waals surface area (Å²) in [6, 6.07) is 3.72. The molecule has 1 aromatic heterocycles. The molecule has 1 amide bonds. The molecule has 0 aromatic carbocycles. The van der Waals surface area contributed by atoms with Gasteiger partial charge in [0.2, 0.25) is 5.91 Å². The van der Waals surface area contributed by atoms with Gasteiger partial charge in [0.25, 0.3) is 0 Å². The number of hydrogen-bond acceptors (Lipinski definition) is 3. The van der Waals surface area contributed by atoms with Gasteiger partial charge in [0.05, 0.1) is 0 Å². The maximum absolute atomic E-state index is 12.0. The van der Waals surface area contributed by atoms with Gasteiger partial charge in [-0.15, -0.1) is 0 Å². The third kappa shape index (κ3) is 2.78. The Hall–Kier alpha value is -1.42. The number of aromatic nitrogens is 1. The first-order valence-corrected chi connectivity index (χ1v) is 7.19. The lowest BCUT2D eigenvalue weighted by molar-refractivity contribution is -0.117. The Morgan fingerprint density at radius 1 is 1.37 bits per heavy atom. The molecule has 2 aliphatic carbocycles. The maximum Gasteiger partial charge on any atom is 0.225 e. The van der Waals surface area contributed by atoms with Crippen LogP contribution in [0.3, 0.4) is 0 Å². The van der Waals surface area contributed by atoms with E-state index in [-0.39, 0.29) is 5.91 Å². The number of nitrogens with zero attached hydrogens (tertiary/aromatic N) is 1. The van der Waals surface area contributed by atoms with Crippen molar-refractivity contribution < 1.29 is 4.79 Å². The van der Waals surface area contributed by atoms with E-state index >= 15 is 0 Å². The lowest BCUT2D eigenvalue weighted by Gasteiger charge is -2.20. The Bertz CT molecular complexity index is 457. The average molecular weight is 259 g/mol. The van der Waals surface area contributed by atoms with Crippen LogP contribution in [-0.2, 0) is 11.3 Å². The van der Waals surface area contributed by atoms with Crippen LogP contribution in [-0.4, -0.2) is 10.9 Å². The van der Waals surface area contributed by atoms with Gasteiger partial charge < -0.3 is 11.1 Å². The molecular weight excluding hydrogens is 238 g/mol. The summed E-state index contributed by atoms with van der Waals surface area (Å²) in [6.45, 7) is 0.479. The number of amides is 1. The van der Waals surface area contributed by atoms with Crippen molar-refractivity contribution in [1.29, 1.82) is 0 Å². The Labute approximate surface area is 113 Å². The molecule has 3 atom stereocenters. The van der Waals surface area contributed by atoms with Gasteiger partial charge in [-0.25, -0.2) is 4.98 Å². The molecule has 19 heavy (non-hydrogen) atoms. The predicted molar refractivity (Wildman–Crippen MR) is 74.3 cm³/mol. The van der Waals surface area contributed by atoms with Crippen LogP contribution < -0.4 is 11.1 Å². The first-order valence-electron chi connectivity index (χ1n) is 7.19. The zero-order valence-electron chi connectivity index (χ0n) is 11.1. The van der Waals surface area contributed by atoms with Crippen molar-refractivity contribution in [3.63, 3.8) is 0 Å². The Kier molecular flexibility index (Phi) is 3.51. The first-order chi connectivity index (χ1) is 9.24. The number of carbonyl (C=O) groups excluding carboxylic acids is 1. The third-order valence-electron chi connectivity index (χ3n) is 4.66. The minimum absolute atomic E-state index is 0.102. The minimum atomic E-state index is 0.102. The number of hydrogen-bond donors (Lipinski definition) is 2. The Morgan fingerprint density at radius 2 is 2.26 bits per heavy atom.